The Labute approximate surface area is 120 Å². The van der Waals surface area contributed by atoms with E-state index in [2.05, 4.69) is 20.9 Å². The highest BCUT2D eigenvalue weighted by Gasteiger charge is 2.19. The Morgan fingerprint density at radius 2 is 1.95 bits per heavy atom. The summed E-state index contributed by atoms with van der Waals surface area (Å²) in [5.74, 6) is 0.511. The first-order valence-electron chi connectivity index (χ1n) is 5.91. The molecule has 1 unspecified atom stereocenters. The van der Waals surface area contributed by atoms with Crippen molar-refractivity contribution in [2.75, 3.05) is 7.11 Å². The van der Waals surface area contributed by atoms with E-state index < -0.39 is 0 Å². The van der Waals surface area contributed by atoms with Crippen LogP contribution < -0.4 is 4.74 Å². The summed E-state index contributed by atoms with van der Waals surface area (Å²) in [6.07, 6.45) is 3.39. The van der Waals surface area contributed by atoms with Gasteiger partial charge in [-0.3, -0.25) is 9.78 Å². The van der Waals surface area contributed by atoms with Crippen LogP contribution in [0, 0.1) is 0 Å². The summed E-state index contributed by atoms with van der Waals surface area (Å²) in [5, 5.41) is 0. The molecule has 0 amide bonds. The Bertz CT molecular complexity index is 584. The van der Waals surface area contributed by atoms with Crippen LogP contribution in [0.15, 0.2) is 47.2 Å². The molecule has 3 nitrogen and oxygen atoms in total. The van der Waals surface area contributed by atoms with Crippen molar-refractivity contribution in [3.63, 3.8) is 0 Å². The van der Waals surface area contributed by atoms with Crippen molar-refractivity contribution in [3.8, 4) is 5.75 Å². The summed E-state index contributed by atoms with van der Waals surface area (Å²) in [6.45, 7) is 1.89. The van der Waals surface area contributed by atoms with Crippen LogP contribution in [0.2, 0.25) is 0 Å². The van der Waals surface area contributed by atoms with Gasteiger partial charge in [0.05, 0.1) is 7.11 Å². The lowest BCUT2D eigenvalue weighted by molar-refractivity contribution is 0.0965. The molecule has 0 aliphatic heterocycles. The van der Waals surface area contributed by atoms with Crippen LogP contribution in [0.4, 0.5) is 0 Å². The number of ether oxygens (including phenoxy) is 1. The van der Waals surface area contributed by atoms with E-state index in [1.54, 1.807) is 25.6 Å². The van der Waals surface area contributed by atoms with Gasteiger partial charge in [-0.25, -0.2) is 0 Å². The molecular weight excluding hydrogens is 306 g/mol. The van der Waals surface area contributed by atoms with E-state index in [1.807, 2.05) is 31.2 Å². The minimum atomic E-state index is -0.216. The zero-order valence-corrected chi connectivity index (χ0v) is 12.3. The maximum Gasteiger partial charge on any atom is 0.171 e. The van der Waals surface area contributed by atoms with Crippen LogP contribution in [-0.2, 0) is 0 Å². The molecule has 0 bridgehead atoms. The van der Waals surface area contributed by atoms with Crippen molar-refractivity contribution in [1.29, 1.82) is 0 Å². The number of halogens is 1. The van der Waals surface area contributed by atoms with E-state index in [9.17, 15) is 4.79 Å². The molecule has 2 aromatic rings. The average Bonchev–Trinajstić information content (AvgIpc) is 2.47. The lowest BCUT2D eigenvalue weighted by Gasteiger charge is -2.12. The van der Waals surface area contributed by atoms with Crippen LogP contribution in [0.5, 0.6) is 5.75 Å². The minimum absolute atomic E-state index is 0.0528. The second kappa shape index (κ2) is 5.97. The standard InChI is InChI=1S/C15H14BrNO2/c1-10(11-5-7-17-8-6-11)15(18)13-9-12(19-2)3-4-14(13)16/h3-10H,1-2H3. The Morgan fingerprint density at radius 1 is 1.26 bits per heavy atom. The maximum atomic E-state index is 12.5. The largest absolute Gasteiger partial charge is 0.497 e. The Kier molecular flexibility index (Phi) is 4.32. The van der Waals surface area contributed by atoms with E-state index in [4.69, 9.17) is 4.74 Å². The van der Waals surface area contributed by atoms with Gasteiger partial charge in [-0.2, -0.15) is 0 Å². The molecule has 2 rings (SSSR count). The van der Waals surface area contributed by atoms with Gasteiger partial charge in [0.1, 0.15) is 5.75 Å². The Hall–Kier alpha value is -1.68. The number of pyridine rings is 1. The van der Waals surface area contributed by atoms with Gasteiger partial charge in [0, 0.05) is 28.3 Å². The molecule has 0 saturated carbocycles. The normalized spacial score (nSPS) is 11.9. The van der Waals surface area contributed by atoms with Crippen LogP contribution in [-0.4, -0.2) is 17.9 Å². The summed E-state index contributed by atoms with van der Waals surface area (Å²) in [7, 11) is 1.59. The van der Waals surface area contributed by atoms with Gasteiger partial charge in [-0.1, -0.05) is 22.9 Å². The SMILES string of the molecule is COc1ccc(Br)c(C(=O)C(C)c2ccncc2)c1. The van der Waals surface area contributed by atoms with Gasteiger partial charge in [-0.15, -0.1) is 0 Å². The summed E-state index contributed by atoms with van der Waals surface area (Å²) in [5.41, 5.74) is 1.58. The predicted octanol–water partition coefficient (Wildman–Crippen LogP) is 3.84. The first-order chi connectivity index (χ1) is 9.13. The molecule has 0 radical (unpaired) electrons. The zero-order chi connectivity index (χ0) is 13.8. The second-order valence-corrected chi connectivity index (χ2v) is 5.07. The minimum Gasteiger partial charge on any atom is -0.497 e. The van der Waals surface area contributed by atoms with Crippen molar-refractivity contribution >= 4 is 21.7 Å². The number of benzene rings is 1. The number of carbonyl (C=O) groups excluding carboxylic acids is 1. The molecule has 0 aliphatic carbocycles. The van der Waals surface area contributed by atoms with Crippen molar-refractivity contribution in [1.82, 2.24) is 4.98 Å². The van der Waals surface area contributed by atoms with Crippen molar-refractivity contribution in [2.24, 2.45) is 0 Å². The predicted molar refractivity (Wildman–Crippen MR) is 77.7 cm³/mol. The monoisotopic (exact) mass is 319 g/mol. The third kappa shape index (κ3) is 3.01. The highest BCUT2D eigenvalue weighted by molar-refractivity contribution is 9.10. The second-order valence-electron chi connectivity index (χ2n) is 4.21. The number of nitrogens with zero attached hydrogens (tertiary/aromatic N) is 1. The Balaban J connectivity index is 2.34. The van der Waals surface area contributed by atoms with E-state index in [-0.39, 0.29) is 11.7 Å². The van der Waals surface area contributed by atoms with Crippen LogP contribution in [0.1, 0.15) is 28.8 Å². The molecule has 19 heavy (non-hydrogen) atoms. The van der Waals surface area contributed by atoms with E-state index in [0.29, 0.717) is 11.3 Å². The smallest absolute Gasteiger partial charge is 0.171 e. The van der Waals surface area contributed by atoms with Gasteiger partial charge in [0.15, 0.2) is 5.78 Å². The van der Waals surface area contributed by atoms with Gasteiger partial charge in [0.2, 0.25) is 0 Å². The van der Waals surface area contributed by atoms with Crippen LogP contribution in [0.25, 0.3) is 0 Å². The van der Waals surface area contributed by atoms with Crippen LogP contribution >= 0.6 is 15.9 Å². The molecule has 4 heteroatoms. The van der Waals surface area contributed by atoms with Gasteiger partial charge >= 0.3 is 0 Å². The topological polar surface area (TPSA) is 39.2 Å². The average molecular weight is 320 g/mol. The summed E-state index contributed by atoms with van der Waals surface area (Å²) in [6, 6.07) is 9.11. The number of aromatic nitrogens is 1. The van der Waals surface area contributed by atoms with Crippen molar-refractivity contribution < 1.29 is 9.53 Å². The van der Waals surface area contributed by atoms with Crippen molar-refractivity contribution in [2.45, 2.75) is 12.8 Å². The molecular formula is C15H14BrNO2. The first-order valence-corrected chi connectivity index (χ1v) is 6.70. The van der Waals surface area contributed by atoms with Gasteiger partial charge in [0.25, 0.3) is 0 Å². The molecule has 0 aliphatic rings. The van der Waals surface area contributed by atoms with Gasteiger partial charge in [-0.05, 0) is 35.9 Å². The molecule has 1 heterocycles. The van der Waals surface area contributed by atoms with Gasteiger partial charge < -0.3 is 4.74 Å². The zero-order valence-electron chi connectivity index (χ0n) is 10.8. The van der Waals surface area contributed by atoms with E-state index in [1.165, 1.54) is 0 Å². The van der Waals surface area contributed by atoms with E-state index in [0.717, 1.165) is 10.0 Å². The number of methoxy groups -OCH3 is 1. The fourth-order valence-corrected chi connectivity index (χ4v) is 2.30. The third-order valence-corrected chi connectivity index (χ3v) is 3.73. The molecule has 0 saturated heterocycles. The number of carbonyl (C=O) groups is 1. The molecule has 0 fully saturated rings. The van der Waals surface area contributed by atoms with Crippen LogP contribution in [0.3, 0.4) is 0 Å². The molecule has 0 N–H and O–H groups in total. The lowest BCUT2D eigenvalue weighted by atomic mass is 9.93. The molecule has 1 aromatic heterocycles. The molecule has 1 atom stereocenters. The summed E-state index contributed by atoms with van der Waals surface area (Å²) < 4.78 is 5.94. The third-order valence-electron chi connectivity index (χ3n) is 3.04. The van der Waals surface area contributed by atoms with E-state index >= 15 is 0 Å². The fourth-order valence-electron chi connectivity index (χ4n) is 1.86. The number of hydrogen-bond acceptors (Lipinski definition) is 3. The maximum absolute atomic E-state index is 12.5. The fraction of sp³-hybridized carbons (Fsp3) is 0.200. The highest BCUT2D eigenvalue weighted by Crippen LogP contribution is 2.28. The summed E-state index contributed by atoms with van der Waals surface area (Å²) >= 11 is 3.41. The summed E-state index contributed by atoms with van der Waals surface area (Å²) in [4.78, 5) is 16.5. The Morgan fingerprint density at radius 3 is 2.58 bits per heavy atom. The molecule has 0 spiro atoms. The number of ketones is 1. The van der Waals surface area contributed by atoms with Crippen molar-refractivity contribution in [3.05, 3.63) is 58.3 Å². The molecule has 98 valence electrons. The number of rotatable bonds is 4. The number of Topliss-reactive ketones (excluding diaryl/α,β-unsaturated/α-hetero) is 1. The lowest BCUT2D eigenvalue weighted by Crippen LogP contribution is -2.10. The quantitative estimate of drug-likeness (QED) is 0.804. The first kappa shape index (κ1) is 13.7. The number of hydrogen-bond donors (Lipinski definition) is 0. The highest BCUT2D eigenvalue weighted by atomic mass is 79.9. The molecule has 1 aromatic carbocycles.